The molecule has 106 valence electrons. The predicted octanol–water partition coefficient (Wildman–Crippen LogP) is 2.29. The van der Waals surface area contributed by atoms with Gasteiger partial charge in [-0.05, 0) is 24.7 Å². The summed E-state index contributed by atoms with van der Waals surface area (Å²) in [5, 5.41) is 4.15. The van der Waals surface area contributed by atoms with Gasteiger partial charge in [-0.3, -0.25) is 4.79 Å². The molecule has 0 bridgehead atoms. The van der Waals surface area contributed by atoms with E-state index in [4.69, 9.17) is 16.2 Å². The molecule has 1 saturated carbocycles. The second-order valence-electron chi connectivity index (χ2n) is 5.24. The van der Waals surface area contributed by atoms with Crippen LogP contribution in [0.15, 0.2) is 0 Å². The highest BCUT2D eigenvalue weighted by atomic mass is 32.1. The molecule has 5 N–H and O–H groups in total. The molecule has 1 amide bonds. The van der Waals surface area contributed by atoms with Gasteiger partial charge in [0.2, 0.25) is 0 Å². The summed E-state index contributed by atoms with van der Waals surface area (Å²) in [6, 6.07) is 0. The van der Waals surface area contributed by atoms with E-state index in [-0.39, 0.29) is 0 Å². The van der Waals surface area contributed by atoms with Crippen LogP contribution in [0.5, 0.6) is 5.75 Å². The average Bonchev–Trinajstić information content (AvgIpc) is 2.90. The Morgan fingerprint density at radius 1 is 1.53 bits per heavy atom. The molecular weight excluding hydrogens is 262 g/mol. The van der Waals surface area contributed by atoms with Gasteiger partial charge >= 0.3 is 0 Å². The van der Waals surface area contributed by atoms with Crippen molar-refractivity contribution in [2.75, 3.05) is 24.7 Å². The van der Waals surface area contributed by atoms with E-state index in [9.17, 15) is 4.79 Å². The number of ether oxygens (including phenoxy) is 1. The standard InChI is InChI=1S/C13H21N3O2S/c1-7-3-4-8(5-7)6-16-13-10(18-2)9(14)11(19-13)12(15)17/h7-8,16H,3-6,14H2,1-2H3,(H2,15,17). The first-order valence-electron chi connectivity index (χ1n) is 6.52. The monoisotopic (exact) mass is 283 g/mol. The molecule has 1 aromatic heterocycles. The third kappa shape index (κ3) is 2.94. The maximum atomic E-state index is 11.3. The number of methoxy groups -OCH3 is 1. The van der Waals surface area contributed by atoms with E-state index in [1.165, 1.54) is 30.6 Å². The van der Waals surface area contributed by atoms with Crippen molar-refractivity contribution in [3.8, 4) is 5.75 Å². The van der Waals surface area contributed by atoms with Gasteiger partial charge in [-0.25, -0.2) is 0 Å². The van der Waals surface area contributed by atoms with E-state index in [1.54, 1.807) is 7.11 Å². The third-order valence-electron chi connectivity index (χ3n) is 3.68. The fourth-order valence-corrected chi connectivity index (χ4v) is 3.63. The number of thiophene rings is 1. The van der Waals surface area contributed by atoms with Crippen LogP contribution in [0.2, 0.25) is 0 Å². The van der Waals surface area contributed by atoms with Gasteiger partial charge in [0.25, 0.3) is 5.91 Å². The zero-order valence-electron chi connectivity index (χ0n) is 11.4. The summed E-state index contributed by atoms with van der Waals surface area (Å²) in [5.41, 5.74) is 11.5. The van der Waals surface area contributed by atoms with Gasteiger partial charge in [-0.2, -0.15) is 0 Å². The maximum Gasteiger partial charge on any atom is 0.261 e. The van der Waals surface area contributed by atoms with Crippen LogP contribution in [0, 0.1) is 11.8 Å². The molecule has 1 fully saturated rings. The first-order chi connectivity index (χ1) is 9.02. The van der Waals surface area contributed by atoms with E-state index < -0.39 is 5.91 Å². The maximum absolute atomic E-state index is 11.3. The number of carbonyl (C=O) groups excluding carboxylic acids is 1. The Morgan fingerprint density at radius 2 is 2.26 bits per heavy atom. The highest BCUT2D eigenvalue weighted by Crippen LogP contribution is 2.42. The Morgan fingerprint density at radius 3 is 2.79 bits per heavy atom. The number of amides is 1. The minimum absolute atomic E-state index is 0.335. The second kappa shape index (κ2) is 5.69. The van der Waals surface area contributed by atoms with Crippen molar-refractivity contribution in [2.45, 2.75) is 26.2 Å². The van der Waals surface area contributed by atoms with E-state index in [0.717, 1.165) is 17.5 Å². The lowest BCUT2D eigenvalue weighted by Crippen LogP contribution is -2.11. The predicted molar refractivity (Wildman–Crippen MR) is 78.8 cm³/mol. The fourth-order valence-electron chi connectivity index (χ4n) is 2.68. The van der Waals surface area contributed by atoms with Gasteiger partial charge in [0, 0.05) is 6.54 Å². The van der Waals surface area contributed by atoms with Gasteiger partial charge in [0.15, 0.2) is 5.75 Å². The molecule has 0 radical (unpaired) electrons. The lowest BCUT2D eigenvalue weighted by Gasteiger charge is -2.12. The molecule has 2 atom stereocenters. The van der Waals surface area contributed by atoms with E-state index in [2.05, 4.69) is 12.2 Å². The number of primary amides is 1. The van der Waals surface area contributed by atoms with E-state index >= 15 is 0 Å². The third-order valence-corrected chi connectivity index (χ3v) is 4.84. The van der Waals surface area contributed by atoms with Crippen molar-refractivity contribution >= 4 is 27.9 Å². The summed E-state index contributed by atoms with van der Waals surface area (Å²) in [4.78, 5) is 11.6. The van der Waals surface area contributed by atoms with Crippen molar-refractivity contribution < 1.29 is 9.53 Å². The molecule has 0 spiro atoms. The molecule has 2 unspecified atom stereocenters. The zero-order valence-corrected chi connectivity index (χ0v) is 12.2. The SMILES string of the molecule is COc1c(NCC2CCC(C)C2)sc(C(N)=O)c1N. The van der Waals surface area contributed by atoms with Crippen molar-refractivity contribution in [1.29, 1.82) is 0 Å². The molecule has 2 rings (SSSR count). The Hall–Kier alpha value is -1.43. The molecule has 1 heterocycles. The lowest BCUT2D eigenvalue weighted by molar-refractivity contribution is 0.100. The van der Waals surface area contributed by atoms with Crippen LogP contribution in [0.3, 0.4) is 0 Å². The number of rotatable bonds is 5. The minimum atomic E-state index is -0.511. The van der Waals surface area contributed by atoms with Crippen LogP contribution in [-0.2, 0) is 0 Å². The smallest absolute Gasteiger partial charge is 0.261 e. The average molecular weight is 283 g/mol. The Kier molecular flexibility index (Phi) is 4.19. The molecule has 0 saturated heterocycles. The Labute approximate surface area is 117 Å². The number of nitrogen functional groups attached to an aromatic ring is 1. The summed E-state index contributed by atoms with van der Waals surface area (Å²) in [7, 11) is 1.55. The Balaban J connectivity index is 2.07. The van der Waals surface area contributed by atoms with Crippen LogP contribution in [0.4, 0.5) is 10.7 Å². The van der Waals surface area contributed by atoms with Gasteiger partial charge in [0.1, 0.15) is 15.6 Å². The first kappa shape index (κ1) is 14.0. The summed E-state index contributed by atoms with van der Waals surface area (Å²) in [5.74, 6) is 1.51. The van der Waals surface area contributed by atoms with Gasteiger partial charge in [-0.15, -0.1) is 11.3 Å². The van der Waals surface area contributed by atoms with Crippen molar-refractivity contribution in [1.82, 2.24) is 0 Å². The van der Waals surface area contributed by atoms with Gasteiger partial charge in [-0.1, -0.05) is 13.3 Å². The Bertz CT molecular complexity index is 473. The van der Waals surface area contributed by atoms with Crippen LogP contribution >= 0.6 is 11.3 Å². The fraction of sp³-hybridized carbons (Fsp3) is 0.615. The zero-order chi connectivity index (χ0) is 14.0. The van der Waals surface area contributed by atoms with Crippen LogP contribution in [0.1, 0.15) is 35.9 Å². The molecule has 19 heavy (non-hydrogen) atoms. The van der Waals surface area contributed by atoms with Gasteiger partial charge < -0.3 is 21.5 Å². The summed E-state index contributed by atoms with van der Waals surface area (Å²) >= 11 is 1.27. The van der Waals surface area contributed by atoms with Crippen molar-refractivity contribution in [3.63, 3.8) is 0 Å². The van der Waals surface area contributed by atoms with Crippen molar-refractivity contribution in [2.24, 2.45) is 17.6 Å². The summed E-state index contributed by atoms with van der Waals surface area (Å²) < 4.78 is 5.26. The normalized spacial score (nSPS) is 22.4. The molecule has 0 aliphatic heterocycles. The number of anilines is 2. The molecule has 0 aromatic carbocycles. The van der Waals surface area contributed by atoms with E-state index in [1.807, 2.05) is 0 Å². The minimum Gasteiger partial charge on any atom is -0.492 e. The van der Waals surface area contributed by atoms with Crippen molar-refractivity contribution in [3.05, 3.63) is 4.88 Å². The number of nitrogens with one attached hydrogen (secondary N) is 1. The molecular formula is C13H21N3O2S. The molecule has 1 aliphatic rings. The van der Waals surface area contributed by atoms with Crippen LogP contribution < -0.4 is 21.5 Å². The topological polar surface area (TPSA) is 90.4 Å². The number of nitrogens with two attached hydrogens (primary N) is 2. The van der Waals surface area contributed by atoms with Gasteiger partial charge in [0.05, 0.1) is 7.11 Å². The summed E-state index contributed by atoms with van der Waals surface area (Å²) in [6.07, 6.45) is 3.79. The van der Waals surface area contributed by atoms with Crippen LogP contribution in [0.25, 0.3) is 0 Å². The highest BCUT2D eigenvalue weighted by molar-refractivity contribution is 7.19. The second-order valence-corrected chi connectivity index (χ2v) is 6.26. The number of carbonyl (C=O) groups is 1. The summed E-state index contributed by atoms with van der Waals surface area (Å²) in [6.45, 7) is 3.17. The van der Waals surface area contributed by atoms with E-state index in [0.29, 0.717) is 22.2 Å². The largest absolute Gasteiger partial charge is 0.492 e. The number of hydrogen-bond donors (Lipinski definition) is 3. The quantitative estimate of drug-likeness (QED) is 0.773. The lowest BCUT2D eigenvalue weighted by atomic mass is 10.1. The molecule has 6 heteroatoms. The number of hydrogen-bond acceptors (Lipinski definition) is 5. The van der Waals surface area contributed by atoms with Crippen LogP contribution in [-0.4, -0.2) is 19.6 Å². The first-order valence-corrected chi connectivity index (χ1v) is 7.34. The molecule has 1 aromatic rings. The molecule has 1 aliphatic carbocycles. The molecule has 5 nitrogen and oxygen atoms in total. The highest BCUT2D eigenvalue weighted by Gasteiger charge is 2.24.